The van der Waals surface area contributed by atoms with Crippen molar-refractivity contribution in [2.75, 3.05) is 13.1 Å². The molecule has 1 aromatic carbocycles. The molecular weight excluding hydrogens is 363 g/mol. The highest BCUT2D eigenvalue weighted by molar-refractivity contribution is 5.84. The fourth-order valence-electron chi connectivity index (χ4n) is 4.32. The van der Waals surface area contributed by atoms with Gasteiger partial charge in [0.2, 0.25) is 5.91 Å². The van der Waals surface area contributed by atoms with Crippen LogP contribution in [0.1, 0.15) is 30.7 Å². The fraction of sp³-hybridized carbons (Fsp3) is 0.579. The molecule has 1 heterocycles. The molecule has 3 aliphatic rings. The number of carboxylic acid groups (broad SMARTS) is 1. The molecule has 4 rings (SSSR count). The van der Waals surface area contributed by atoms with Crippen LogP contribution in [0, 0.1) is 23.7 Å². The average Bonchev–Trinajstić information content (AvgIpc) is 3.50. The molecule has 3 fully saturated rings. The number of hydrogen-bond donors (Lipinski definition) is 1. The molecular formula is C19H20F3NO4. The average molecular weight is 383 g/mol. The Bertz CT molecular complexity index is 762. The van der Waals surface area contributed by atoms with Gasteiger partial charge in [-0.2, -0.15) is 0 Å². The quantitative estimate of drug-likeness (QED) is 0.848. The van der Waals surface area contributed by atoms with Crippen LogP contribution in [0.3, 0.4) is 0 Å². The van der Waals surface area contributed by atoms with Gasteiger partial charge >= 0.3 is 12.3 Å². The molecule has 1 aromatic rings. The van der Waals surface area contributed by atoms with Crippen molar-refractivity contribution in [1.29, 1.82) is 0 Å². The number of carbonyl (C=O) groups is 2. The highest BCUT2D eigenvalue weighted by Gasteiger charge is 2.52. The van der Waals surface area contributed by atoms with Crippen LogP contribution in [-0.4, -0.2) is 41.3 Å². The first-order valence-corrected chi connectivity index (χ1v) is 9.11. The lowest BCUT2D eigenvalue weighted by atomic mass is 9.92. The van der Waals surface area contributed by atoms with E-state index in [1.807, 2.05) is 0 Å². The number of rotatable bonds is 5. The predicted molar refractivity (Wildman–Crippen MR) is 87.9 cm³/mol. The van der Waals surface area contributed by atoms with Crippen molar-refractivity contribution in [2.24, 2.45) is 23.7 Å². The molecule has 2 saturated carbocycles. The van der Waals surface area contributed by atoms with E-state index >= 15 is 0 Å². The zero-order chi connectivity index (χ0) is 19.3. The number of carboxylic acids is 1. The summed E-state index contributed by atoms with van der Waals surface area (Å²) in [6.07, 6.45) is -2.32. The zero-order valence-corrected chi connectivity index (χ0v) is 14.5. The summed E-state index contributed by atoms with van der Waals surface area (Å²) in [5, 5.41) is 9.43. The minimum Gasteiger partial charge on any atom is -0.481 e. The molecule has 1 N–H and O–H groups in total. The van der Waals surface area contributed by atoms with E-state index in [0.717, 1.165) is 12.8 Å². The van der Waals surface area contributed by atoms with E-state index in [4.69, 9.17) is 0 Å². The first-order valence-electron chi connectivity index (χ1n) is 9.11. The maximum atomic E-state index is 12.8. The van der Waals surface area contributed by atoms with Crippen LogP contribution < -0.4 is 4.74 Å². The Morgan fingerprint density at radius 2 is 1.81 bits per heavy atom. The number of likely N-dealkylation sites (tertiary alicyclic amines) is 1. The maximum absolute atomic E-state index is 12.8. The molecule has 2 unspecified atom stereocenters. The summed E-state index contributed by atoms with van der Waals surface area (Å²) in [7, 11) is 0. The first kappa shape index (κ1) is 18.1. The molecule has 27 heavy (non-hydrogen) atoms. The van der Waals surface area contributed by atoms with Crippen molar-refractivity contribution in [1.82, 2.24) is 4.90 Å². The Kier molecular flexibility index (Phi) is 4.31. The Hall–Kier alpha value is -2.25. The van der Waals surface area contributed by atoms with E-state index < -0.39 is 24.2 Å². The third kappa shape index (κ3) is 3.75. The van der Waals surface area contributed by atoms with Crippen molar-refractivity contribution in [3.05, 3.63) is 29.8 Å². The summed E-state index contributed by atoms with van der Waals surface area (Å²) in [5.41, 5.74) is 0.376. The molecule has 0 spiro atoms. The minimum atomic E-state index is -4.79. The van der Waals surface area contributed by atoms with Crippen LogP contribution in [-0.2, 0) is 9.59 Å². The van der Waals surface area contributed by atoms with Gasteiger partial charge in [-0.3, -0.25) is 9.59 Å². The largest absolute Gasteiger partial charge is 0.573 e. The SMILES string of the molecule is O=C(O)[C@H]1CN(C(=O)C2CC2c2ccccc2OC(F)(F)F)C[C@@H]1C1CC1. The first-order chi connectivity index (χ1) is 12.7. The van der Waals surface area contributed by atoms with E-state index in [1.54, 1.807) is 17.0 Å². The molecule has 1 amide bonds. The Labute approximate surface area is 154 Å². The minimum absolute atomic E-state index is 0.00972. The summed E-state index contributed by atoms with van der Waals surface area (Å²) < 4.78 is 41.9. The molecule has 2 aliphatic carbocycles. The monoisotopic (exact) mass is 383 g/mol. The molecule has 0 aromatic heterocycles. The Balaban J connectivity index is 1.45. The van der Waals surface area contributed by atoms with E-state index in [9.17, 15) is 27.9 Å². The third-order valence-electron chi connectivity index (χ3n) is 5.87. The van der Waals surface area contributed by atoms with Gasteiger partial charge in [0.1, 0.15) is 5.75 Å². The number of para-hydroxylation sites is 1. The Morgan fingerprint density at radius 1 is 1.11 bits per heavy atom. The van der Waals surface area contributed by atoms with Crippen LogP contribution in [0.25, 0.3) is 0 Å². The molecule has 0 bridgehead atoms. The van der Waals surface area contributed by atoms with Gasteiger partial charge in [0.15, 0.2) is 0 Å². The number of aliphatic carboxylic acids is 1. The number of halogens is 3. The Morgan fingerprint density at radius 3 is 2.44 bits per heavy atom. The molecule has 1 saturated heterocycles. The normalized spacial score (nSPS) is 30.3. The smallest absolute Gasteiger partial charge is 0.481 e. The van der Waals surface area contributed by atoms with E-state index in [2.05, 4.69) is 4.74 Å². The molecule has 8 heteroatoms. The lowest BCUT2D eigenvalue weighted by Crippen LogP contribution is -2.31. The van der Waals surface area contributed by atoms with Gasteiger partial charge in [0.05, 0.1) is 5.92 Å². The number of hydrogen-bond acceptors (Lipinski definition) is 3. The highest BCUT2D eigenvalue weighted by Crippen LogP contribution is 2.53. The van der Waals surface area contributed by atoms with E-state index in [1.165, 1.54) is 12.1 Å². The van der Waals surface area contributed by atoms with Gasteiger partial charge in [-0.1, -0.05) is 18.2 Å². The maximum Gasteiger partial charge on any atom is 0.573 e. The van der Waals surface area contributed by atoms with Crippen molar-refractivity contribution < 1.29 is 32.6 Å². The fourth-order valence-corrected chi connectivity index (χ4v) is 4.32. The zero-order valence-electron chi connectivity index (χ0n) is 14.5. The van der Waals surface area contributed by atoms with Gasteiger partial charge in [-0.15, -0.1) is 13.2 Å². The van der Waals surface area contributed by atoms with Crippen LogP contribution >= 0.6 is 0 Å². The number of carbonyl (C=O) groups excluding carboxylic acids is 1. The van der Waals surface area contributed by atoms with Crippen LogP contribution in [0.15, 0.2) is 24.3 Å². The lowest BCUT2D eigenvalue weighted by Gasteiger charge is -2.17. The molecule has 146 valence electrons. The second-order valence-electron chi connectivity index (χ2n) is 7.72. The number of amides is 1. The second-order valence-corrected chi connectivity index (χ2v) is 7.72. The molecule has 4 atom stereocenters. The van der Waals surface area contributed by atoms with Crippen LogP contribution in [0.2, 0.25) is 0 Å². The lowest BCUT2D eigenvalue weighted by molar-refractivity contribution is -0.274. The predicted octanol–water partition coefficient (Wildman–Crippen LogP) is 3.26. The van der Waals surface area contributed by atoms with E-state index in [-0.39, 0.29) is 30.0 Å². The highest BCUT2D eigenvalue weighted by atomic mass is 19.4. The molecule has 5 nitrogen and oxygen atoms in total. The molecule has 0 radical (unpaired) electrons. The van der Waals surface area contributed by atoms with Crippen LogP contribution in [0.5, 0.6) is 5.75 Å². The number of ether oxygens (including phenoxy) is 1. The second kappa shape index (κ2) is 6.42. The third-order valence-corrected chi connectivity index (χ3v) is 5.87. The van der Waals surface area contributed by atoms with Crippen molar-refractivity contribution in [3.63, 3.8) is 0 Å². The summed E-state index contributed by atoms with van der Waals surface area (Å²) in [6.45, 7) is 0.629. The van der Waals surface area contributed by atoms with Gasteiger partial charge in [0.25, 0.3) is 0 Å². The van der Waals surface area contributed by atoms with Crippen molar-refractivity contribution in [2.45, 2.75) is 31.5 Å². The van der Waals surface area contributed by atoms with Crippen molar-refractivity contribution >= 4 is 11.9 Å². The summed E-state index contributed by atoms with van der Waals surface area (Å²) >= 11 is 0. The van der Waals surface area contributed by atoms with E-state index in [0.29, 0.717) is 24.4 Å². The molecule has 1 aliphatic heterocycles. The number of alkyl halides is 3. The number of nitrogens with zero attached hydrogens (tertiary/aromatic N) is 1. The number of benzene rings is 1. The topological polar surface area (TPSA) is 66.8 Å². The summed E-state index contributed by atoms with van der Waals surface area (Å²) in [5.74, 6) is -2.21. The summed E-state index contributed by atoms with van der Waals surface area (Å²) in [6, 6.07) is 5.89. The van der Waals surface area contributed by atoms with Crippen LogP contribution in [0.4, 0.5) is 13.2 Å². The van der Waals surface area contributed by atoms with Gasteiger partial charge < -0.3 is 14.7 Å². The summed E-state index contributed by atoms with van der Waals surface area (Å²) in [4.78, 5) is 25.9. The van der Waals surface area contributed by atoms with Crippen molar-refractivity contribution in [3.8, 4) is 5.75 Å². The van der Waals surface area contributed by atoms with Gasteiger partial charge in [0, 0.05) is 19.0 Å². The van der Waals surface area contributed by atoms with Gasteiger partial charge in [-0.25, -0.2) is 0 Å². The van der Waals surface area contributed by atoms with Gasteiger partial charge in [-0.05, 0) is 48.6 Å². The standard InChI is InChI=1S/C19H20F3NO4/c20-19(21,22)27-16-4-2-1-3-11(16)12-7-13(12)17(24)23-8-14(10-5-6-10)15(9-23)18(25)26/h1-4,10,12-15H,5-9H2,(H,25,26)/t12?,13?,14-,15+/m1/s1.